The lowest BCUT2D eigenvalue weighted by Crippen LogP contribution is -2.37. The van der Waals surface area contributed by atoms with Crippen molar-refractivity contribution in [1.82, 2.24) is 4.90 Å². The normalized spacial score (nSPS) is 21.3. The topological polar surface area (TPSA) is 38.8 Å². The van der Waals surface area contributed by atoms with Gasteiger partial charge in [0.05, 0.1) is 6.61 Å². The van der Waals surface area contributed by atoms with E-state index in [1.807, 2.05) is 14.0 Å². The second-order valence-electron chi connectivity index (χ2n) is 3.99. The van der Waals surface area contributed by atoms with Gasteiger partial charge in [-0.2, -0.15) is 0 Å². The lowest BCUT2D eigenvalue weighted by Gasteiger charge is -2.27. The number of amides is 1. The predicted molar refractivity (Wildman–Crippen MR) is 57.7 cm³/mol. The van der Waals surface area contributed by atoms with Crippen molar-refractivity contribution in [1.29, 1.82) is 0 Å². The molecule has 0 aliphatic carbocycles. The lowest BCUT2D eigenvalue weighted by atomic mass is 10.0. The molecule has 4 nitrogen and oxygen atoms in total. The van der Waals surface area contributed by atoms with Crippen LogP contribution in [-0.2, 0) is 14.3 Å². The number of hydrogen-bond donors (Lipinski definition) is 0. The van der Waals surface area contributed by atoms with Crippen LogP contribution in [0.15, 0.2) is 0 Å². The molecule has 1 aliphatic rings. The van der Waals surface area contributed by atoms with Crippen LogP contribution in [0.5, 0.6) is 0 Å². The van der Waals surface area contributed by atoms with Crippen LogP contribution in [0, 0.1) is 5.92 Å². The van der Waals surface area contributed by atoms with Crippen LogP contribution in [0.25, 0.3) is 0 Å². The first-order valence-corrected chi connectivity index (χ1v) is 5.63. The van der Waals surface area contributed by atoms with Crippen molar-refractivity contribution >= 4 is 5.91 Å². The van der Waals surface area contributed by atoms with Crippen LogP contribution in [-0.4, -0.2) is 50.8 Å². The van der Waals surface area contributed by atoms with E-state index in [4.69, 9.17) is 9.47 Å². The summed E-state index contributed by atoms with van der Waals surface area (Å²) < 4.78 is 10.5. The zero-order valence-corrected chi connectivity index (χ0v) is 9.70. The van der Waals surface area contributed by atoms with Crippen LogP contribution in [0.1, 0.15) is 19.8 Å². The molecule has 1 aliphatic heterocycles. The maximum absolute atomic E-state index is 11.5. The molecule has 1 unspecified atom stereocenters. The van der Waals surface area contributed by atoms with E-state index in [0.29, 0.717) is 12.5 Å². The van der Waals surface area contributed by atoms with Gasteiger partial charge >= 0.3 is 0 Å². The van der Waals surface area contributed by atoms with Crippen molar-refractivity contribution in [2.75, 3.05) is 40.0 Å². The Morgan fingerprint density at radius 2 is 2.40 bits per heavy atom. The zero-order valence-electron chi connectivity index (χ0n) is 9.70. The highest BCUT2D eigenvalue weighted by Gasteiger charge is 2.18. The van der Waals surface area contributed by atoms with Crippen LogP contribution in [0.4, 0.5) is 0 Å². The Bertz CT molecular complexity index is 190. The van der Waals surface area contributed by atoms with Crippen molar-refractivity contribution in [2.24, 2.45) is 5.92 Å². The number of hydrogen-bond acceptors (Lipinski definition) is 3. The van der Waals surface area contributed by atoms with Crippen molar-refractivity contribution in [3.05, 3.63) is 0 Å². The van der Waals surface area contributed by atoms with Crippen LogP contribution in [0.3, 0.4) is 0 Å². The van der Waals surface area contributed by atoms with Gasteiger partial charge in [0.25, 0.3) is 0 Å². The number of likely N-dealkylation sites (N-methyl/N-ethyl adjacent to an activating group) is 1. The lowest BCUT2D eigenvalue weighted by molar-refractivity contribution is -0.135. The fourth-order valence-electron chi connectivity index (χ4n) is 1.74. The molecule has 1 atom stereocenters. The number of carbonyl (C=O) groups excluding carboxylic acids is 1. The molecule has 88 valence electrons. The molecular weight excluding hydrogens is 194 g/mol. The van der Waals surface area contributed by atoms with E-state index < -0.39 is 0 Å². The average molecular weight is 215 g/mol. The maximum Gasteiger partial charge on any atom is 0.248 e. The minimum absolute atomic E-state index is 0.0578. The Hall–Kier alpha value is -0.610. The standard InChI is InChI=1S/C11H21NO3/c1-3-14-9-11(13)12(2)7-10-5-4-6-15-8-10/h10H,3-9H2,1-2H3. The van der Waals surface area contributed by atoms with Crippen molar-refractivity contribution in [3.8, 4) is 0 Å². The summed E-state index contributed by atoms with van der Waals surface area (Å²) in [6.45, 7) is 5.11. The third-order valence-corrected chi connectivity index (χ3v) is 2.64. The molecule has 1 rings (SSSR count). The van der Waals surface area contributed by atoms with E-state index >= 15 is 0 Å². The van der Waals surface area contributed by atoms with Crippen molar-refractivity contribution in [2.45, 2.75) is 19.8 Å². The highest BCUT2D eigenvalue weighted by Crippen LogP contribution is 2.14. The van der Waals surface area contributed by atoms with Gasteiger partial charge in [-0.25, -0.2) is 0 Å². The molecule has 1 heterocycles. The van der Waals surface area contributed by atoms with Gasteiger partial charge in [0, 0.05) is 26.8 Å². The first-order valence-electron chi connectivity index (χ1n) is 5.63. The van der Waals surface area contributed by atoms with Crippen molar-refractivity contribution < 1.29 is 14.3 Å². The molecular formula is C11H21NO3. The molecule has 1 amide bonds. The van der Waals surface area contributed by atoms with E-state index in [2.05, 4.69) is 0 Å². The van der Waals surface area contributed by atoms with Gasteiger partial charge in [0.1, 0.15) is 6.61 Å². The second-order valence-corrected chi connectivity index (χ2v) is 3.99. The summed E-state index contributed by atoms with van der Waals surface area (Å²) in [5.41, 5.74) is 0. The number of ether oxygens (including phenoxy) is 2. The van der Waals surface area contributed by atoms with Gasteiger partial charge in [-0.15, -0.1) is 0 Å². The highest BCUT2D eigenvalue weighted by atomic mass is 16.5. The summed E-state index contributed by atoms with van der Waals surface area (Å²) in [4.78, 5) is 13.3. The van der Waals surface area contributed by atoms with Crippen LogP contribution in [0.2, 0.25) is 0 Å². The fraction of sp³-hybridized carbons (Fsp3) is 0.909. The van der Waals surface area contributed by atoms with Gasteiger partial charge in [-0.3, -0.25) is 4.79 Å². The molecule has 0 saturated carbocycles. The van der Waals surface area contributed by atoms with Gasteiger partial charge < -0.3 is 14.4 Å². The Balaban J connectivity index is 2.20. The maximum atomic E-state index is 11.5. The Morgan fingerprint density at radius 1 is 1.60 bits per heavy atom. The Morgan fingerprint density at radius 3 is 3.00 bits per heavy atom. The minimum Gasteiger partial charge on any atom is -0.381 e. The van der Waals surface area contributed by atoms with Crippen LogP contribution >= 0.6 is 0 Å². The molecule has 1 saturated heterocycles. The second kappa shape index (κ2) is 6.80. The fourth-order valence-corrected chi connectivity index (χ4v) is 1.74. The number of carbonyl (C=O) groups is 1. The van der Waals surface area contributed by atoms with Gasteiger partial charge in [-0.05, 0) is 25.7 Å². The monoisotopic (exact) mass is 215 g/mol. The van der Waals surface area contributed by atoms with Crippen molar-refractivity contribution in [3.63, 3.8) is 0 Å². The SMILES string of the molecule is CCOCC(=O)N(C)CC1CCCOC1. The third kappa shape index (κ3) is 4.62. The zero-order chi connectivity index (χ0) is 11.1. The van der Waals surface area contributed by atoms with E-state index in [0.717, 1.165) is 32.6 Å². The summed E-state index contributed by atoms with van der Waals surface area (Å²) in [5, 5.41) is 0. The summed E-state index contributed by atoms with van der Waals surface area (Å²) in [6, 6.07) is 0. The Kier molecular flexibility index (Phi) is 5.65. The van der Waals surface area contributed by atoms with E-state index in [-0.39, 0.29) is 12.5 Å². The van der Waals surface area contributed by atoms with E-state index in [1.165, 1.54) is 0 Å². The molecule has 0 radical (unpaired) electrons. The van der Waals surface area contributed by atoms with E-state index in [9.17, 15) is 4.79 Å². The summed E-state index contributed by atoms with van der Waals surface area (Å²) in [6.07, 6.45) is 2.27. The average Bonchev–Trinajstić information content (AvgIpc) is 2.27. The molecule has 0 aromatic rings. The molecule has 0 spiro atoms. The number of rotatable bonds is 5. The molecule has 0 aromatic carbocycles. The Labute approximate surface area is 91.5 Å². The smallest absolute Gasteiger partial charge is 0.248 e. The largest absolute Gasteiger partial charge is 0.381 e. The number of nitrogens with zero attached hydrogens (tertiary/aromatic N) is 1. The van der Waals surface area contributed by atoms with E-state index in [1.54, 1.807) is 4.90 Å². The quantitative estimate of drug-likeness (QED) is 0.684. The molecule has 0 bridgehead atoms. The molecule has 0 N–H and O–H groups in total. The molecule has 4 heteroatoms. The first-order chi connectivity index (χ1) is 7.24. The summed E-state index contributed by atoms with van der Waals surface area (Å²) in [5.74, 6) is 0.553. The van der Waals surface area contributed by atoms with Gasteiger partial charge in [0.15, 0.2) is 0 Å². The minimum atomic E-state index is 0.0578. The molecule has 0 aromatic heterocycles. The van der Waals surface area contributed by atoms with Crippen LogP contribution < -0.4 is 0 Å². The predicted octanol–water partition coefficient (Wildman–Crippen LogP) is 0.908. The van der Waals surface area contributed by atoms with Gasteiger partial charge in [0.2, 0.25) is 5.91 Å². The van der Waals surface area contributed by atoms with Gasteiger partial charge in [-0.1, -0.05) is 0 Å². The third-order valence-electron chi connectivity index (χ3n) is 2.64. The molecule has 1 fully saturated rings. The highest BCUT2D eigenvalue weighted by molar-refractivity contribution is 5.77. The summed E-state index contributed by atoms with van der Waals surface area (Å²) >= 11 is 0. The molecule has 15 heavy (non-hydrogen) atoms. The summed E-state index contributed by atoms with van der Waals surface area (Å²) in [7, 11) is 1.83. The first kappa shape index (κ1) is 12.5.